The number of benzene rings is 2. The van der Waals surface area contributed by atoms with Gasteiger partial charge in [-0.3, -0.25) is 4.79 Å². The predicted octanol–water partition coefficient (Wildman–Crippen LogP) is 5.12. The van der Waals surface area contributed by atoms with Gasteiger partial charge in [0.05, 0.1) is 0 Å². The van der Waals surface area contributed by atoms with E-state index >= 15 is 0 Å². The Morgan fingerprint density at radius 3 is 2.09 bits per heavy atom. The van der Waals surface area contributed by atoms with Crippen molar-refractivity contribution in [3.8, 4) is 0 Å². The highest BCUT2D eigenvalue weighted by Gasteiger charge is 2.01. The topological polar surface area (TPSA) is 34.1 Å². The third-order valence-corrected chi connectivity index (χ3v) is 3.68. The quantitative estimate of drug-likeness (QED) is 0.525. The molecule has 0 bridgehead atoms. The van der Waals surface area contributed by atoms with E-state index in [9.17, 15) is 9.59 Å². The summed E-state index contributed by atoms with van der Waals surface area (Å²) in [4.78, 5) is 21.2. The van der Waals surface area contributed by atoms with Crippen LogP contribution in [0.25, 0.3) is 0 Å². The number of Topliss-reactive ketones (excluding diaryl/α,β-unsaturated/α-hetero) is 1. The van der Waals surface area contributed by atoms with E-state index in [1.165, 1.54) is 5.56 Å². The Labute approximate surface area is 139 Å². The van der Waals surface area contributed by atoms with Crippen molar-refractivity contribution in [2.75, 3.05) is 0 Å². The number of aldehydes is 1. The van der Waals surface area contributed by atoms with Crippen LogP contribution in [0.3, 0.4) is 0 Å². The van der Waals surface area contributed by atoms with Crippen LogP contribution in [0.5, 0.6) is 0 Å². The summed E-state index contributed by atoms with van der Waals surface area (Å²) in [5.41, 5.74) is 2.17. The number of hydrogen-bond acceptors (Lipinski definition) is 2. The van der Waals surface area contributed by atoms with Crippen molar-refractivity contribution in [1.29, 1.82) is 0 Å². The fraction of sp³-hybridized carbons (Fsp3) is 0.333. The van der Waals surface area contributed by atoms with E-state index < -0.39 is 0 Å². The molecular formula is C21H26O2. The molecule has 0 fully saturated rings. The molecule has 0 saturated carbocycles. The van der Waals surface area contributed by atoms with Crippen molar-refractivity contribution >= 4 is 12.1 Å². The Morgan fingerprint density at radius 2 is 1.57 bits per heavy atom. The summed E-state index contributed by atoms with van der Waals surface area (Å²) in [5, 5.41) is 0. The fourth-order valence-electron chi connectivity index (χ4n) is 2.17. The smallest absolute Gasteiger partial charge is 0.162 e. The molecule has 0 N–H and O–H groups in total. The van der Waals surface area contributed by atoms with E-state index in [0.29, 0.717) is 18.8 Å². The normalized spacial score (nSPS) is 11.0. The number of aryl methyl sites for hydroxylation is 1. The molecule has 23 heavy (non-hydrogen) atoms. The van der Waals surface area contributed by atoms with Crippen LogP contribution in [0.4, 0.5) is 0 Å². The summed E-state index contributed by atoms with van der Waals surface area (Å²) in [7, 11) is 0. The van der Waals surface area contributed by atoms with Crippen molar-refractivity contribution in [3.05, 3.63) is 71.8 Å². The van der Waals surface area contributed by atoms with Crippen LogP contribution < -0.4 is 0 Å². The van der Waals surface area contributed by atoms with Gasteiger partial charge in [0, 0.05) is 18.4 Å². The number of carbonyl (C=O) groups is 2. The van der Waals surface area contributed by atoms with E-state index in [-0.39, 0.29) is 5.78 Å². The number of rotatable bonds is 7. The second-order valence-electron chi connectivity index (χ2n) is 5.67. The number of hydrogen-bond donors (Lipinski definition) is 0. The SMILES string of the molecule is CC(CC=O)CCc1ccccc1.CCC(=O)c1ccccc1. The molecule has 0 aliphatic rings. The Kier molecular flexibility index (Phi) is 9.30. The molecule has 0 spiro atoms. The summed E-state index contributed by atoms with van der Waals surface area (Å²) in [6.07, 6.45) is 4.46. The highest BCUT2D eigenvalue weighted by atomic mass is 16.1. The minimum Gasteiger partial charge on any atom is -0.303 e. The van der Waals surface area contributed by atoms with Gasteiger partial charge in [0.25, 0.3) is 0 Å². The average Bonchev–Trinajstić information content (AvgIpc) is 2.62. The fourth-order valence-corrected chi connectivity index (χ4v) is 2.17. The van der Waals surface area contributed by atoms with Crippen LogP contribution in [-0.2, 0) is 11.2 Å². The molecule has 2 nitrogen and oxygen atoms in total. The van der Waals surface area contributed by atoms with E-state index in [0.717, 1.165) is 24.7 Å². The lowest BCUT2D eigenvalue weighted by Crippen LogP contribution is -1.97. The lowest BCUT2D eigenvalue weighted by atomic mass is 9.99. The van der Waals surface area contributed by atoms with Crippen molar-refractivity contribution in [2.24, 2.45) is 5.92 Å². The first-order valence-electron chi connectivity index (χ1n) is 8.23. The maximum Gasteiger partial charge on any atom is 0.162 e. The molecule has 1 atom stereocenters. The van der Waals surface area contributed by atoms with Gasteiger partial charge < -0.3 is 4.79 Å². The molecule has 1 unspecified atom stereocenters. The summed E-state index contributed by atoms with van der Waals surface area (Å²) in [6.45, 7) is 3.99. The molecule has 0 heterocycles. The standard InChI is InChI=1S/C12H16O.C9H10O/c1-11(9-10-13)7-8-12-5-3-2-4-6-12;1-2-9(10)8-6-4-3-5-7-8/h2-6,10-11H,7-9H2,1H3;3-7H,2H2,1H3. The molecule has 0 aliphatic carbocycles. The van der Waals surface area contributed by atoms with Gasteiger partial charge in [0.2, 0.25) is 0 Å². The second kappa shape index (κ2) is 11.4. The molecule has 122 valence electrons. The van der Waals surface area contributed by atoms with Crippen LogP contribution >= 0.6 is 0 Å². The monoisotopic (exact) mass is 310 g/mol. The first kappa shape index (κ1) is 18.8. The van der Waals surface area contributed by atoms with Gasteiger partial charge in [0.1, 0.15) is 6.29 Å². The minimum atomic E-state index is 0.209. The zero-order chi connectivity index (χ0) is 16.9. The molecule has 0 saturated heterocycles. The lowest BCUT2D eigenvalue weighted by molar-refractivity contribution is -0.108. The largest absolute Gasteiger partial charge is 0.303 e. The molecular weight excluding hydrogens is 284 g/mol. The van der Waals surface area contributed by atoms with E-state index in [2.05, 4.69) is 31.2 Å². The van der Waals surface area contributed by atoms with Gasteiger partial charge in [-0.2, -0.15) is 0 Å². The zero-order valence-electron chi connectivity index (χ0n) is 14.1. The van der Waals surface area contributed by atoms with Crippen molar-refractivity contribution < 1.29 is 9.59 Å². The average molecular weight is 310 g/mol. The van der Waals surface area contributed by atoms with Gasteiger partial charge in [0.15, 0.2) is 5.78 Å². The molecule has 2 rings (SSSR count). The van der Waals surface area contributed by atoms with E-state index in [1.807, 2.05) is 43.3 Å². The zero-order valence-corrected chi connectivity index (χ0v) is 14.1. The van der Waals surface area contributed by atoms with Gasteiger partial charge >= 0.3 is 0 Å². The van der Waals surface area contributed by atoms with Crippen LogP contribution in [0.15, 0.2) is 60.7 Å². The van der Waals surface area contributed by atoms with Crippen molar-refractivity contribution in [1.82, 2.24) is 0 Å². The Hall–Kier alpha value is -2.22. The lowest BCUT2D eigenvalue weighted by Gasteiger charge is -2.06. The van der Waals surface area contributed by atoms with Crippen LogP contribution in [0.1, 0.15) is 49.0 Å². The van der Waals surface area contributed by atoms with Crippen molar-refractivity contribution in [2.45, 2.75) is 39.5 Å². The maximum absolute atomic E-state index is 11.0. The van der Waals surface area contributed by atoms with E-state index in [4.69, 9.17) is 0 Å². The van der Waals surface area contributed by atoms with Gasteiger partial charge in [-0.15, -0.1) is 0 Å². The van der Waals surface area contributed by atoms with Crippen LogP contribution in [0.2, 0.25) is 0 Å². The highest BCUT2D eigenvalue weighted by Crippen LogP contribution is 2.11. The van der Waals surface area contributed by atoms with E-state index in [1.54, 1.807) is 0 Å². The van der Waals surface area contributed by atoms with Gasteiger partial charge in [-0.05, 0) is 24.3 Å². The molecule has 2 heteroatoms. The first-order chi connectivity index (χ1) is 11.2. The molecule has 0 aliphatic heterocycles. The van der Waals surface area contributed by atoms with Crippen molar-refractivity contribution in [3.63, 3.8) is 0 Å². The summed E-state index contributed by atoms with van der Waals surface area (Å²) < 4.78 is 0. The Balaban J connectivity index is 0.000000238. The first-order valence-corrected chi connectivity index (χ1v) is 8.23. The van der Waals surface area contributed by atoms with Gasteiger partial charge in [-0.25, -0.2) is 0 Å². The molecule has 0 radical (unpaired) electrons. The summed E-state index contributed by atoms with van der Waals surface area (Å²) in [6, 6.07) is 19.7. The Bertz CT molecular complexity index is 561. The maximum atomic E-state index is 11.0. The van der Waals surface area contributed by atoms with Crippen LogP contribution in [0, 0.1) is 5.92 Å². The number of carbonyl (C=O) groups excluding carboxylic acids is 2. The molecule has 0 aromatic heterocycles. The minimum absolute atomic E-state index is 0.209. The van der Waals surface area contributed by atoms with Crippen LogP contribution in [-0.4, -0.2) is 12.1 Å². The van der Waals surface area contributed by atoms with Gasteiger partial charge in [-0.1, -0.05) is 74.5 Å². The number of ketones is 1. The molecule has 0 amide bonds. The third-order valence-electron chi connectivity index (χ3n) is 3.68. The highest BCUT2D eigenvalue weighted by molar-refractivity contribution is 5.95. The summed E-state index contributed by atoms with van der Waals surface area (Å²) >= 11 is 0. The molecule has 2 aromatic rings. The summed E-state index contributed by atoms with van der Waals surface area (Å²) in [5.74, 6) is 0.721. The molecule has 2 aromatic carbocycles. The Morgan fingerprint density at radius 1 is 1.00 bits per heavy atom. The third kappa shape index (κ3) is 8.10. The second-order valence-corrected chi connectivity index (χ2v) is 5.67. The predicted molar refractivity (Wildman–Crippen MR) is 95.7 cm³/mol.